The van der Waals surface area contributed by atoms with Crippen molar-refractivity contribution in [3.63, 3.8) is 0 Å². The van der Waals surface area contributed by atoms with Gasteiger partial charge in [-0.2, -0.15) is 0 Å². The number of aromatic nitrogens is 2. The Morgan fingerprint density at radius 2 is 2.00 bits per heavy atom. The van der Waals surface area contributed by atoms with Crippen LogP contribution >= 0.6 is 0 Å². The molecule has 0 spiro atoms. The van der Waals surface area contributed by atoms with E-state index in [1.165, 1.54) is 0 Å². The highest BCUT2D eigenvalue weighted by atomic mass is 16.6. The predicted octanol–water partition coefficient (Wildman–Crippen LogP) is 4.04. The van der Waals surface area contributed by atoms with Crippen molar-refractivity contribution in [1.82, 2.24) is 9.97 Å². The summed E-state index contributed by atoms with van der Waals surface area (Å²) < 4.78 is 11.3. The van der Waals surface area contributed by atoms with Gasteiger partial charge in [-0.15, -0.1) is 0 Å². The molecule has 0 saturated carbocycles. The molecule has 0 aliphatic heterocycles. The summed E-state index contributed by atoms with van der Waals surface area (Å²) in [5, 5.41) is 0. The van der Waals surface area contributed by atoms with Gasteiger partial charge in [-0.05, 0) is 62.9 Å². The lowest BCUT2D eigenvalue weighted by Crippen LogP contribution is -2.41. The average molecular weight is 357 g/mol. The largest absolute Gasteiger partial charge is 0.489 e. The van der Waals surface area contributed by atoms with Crippen molar-refractivity contribution < 1.29 is 14.3 Å². The fourth-order valence-electron chi connectivity index (χ4n) is 3.05. The molecule has 1 aromatic heterocycles. The molecule has 2 aromatic rings. The highest BCUT2D eigenvalue weighted by Crippen LogP contribution is 2.28. The first kappa shape index (κ1) is 19.7. The van der Waals surface area contributed by atoms with Crippen LogP contribution in [0.2, 0.25) is 0 Å². The molecule has 1 unspecified atom stereocenters. The van der Waals surface area contributed by atoms with E-state index in [0.717, 1.165) is 28.4 Å². The second kappa shape index (κ2) is 8.17. The minimum absolute atomic E-state index is 0.237. The predicted molar refractivity (Wildman–Crippen MR) is 101 cm³/mol. The fourth-order valence-corrected chi connectivity index (χ4v) is 3.05. The first-order valence-corrected chi connectivity index (χ1v) is 8.70. The standard InChI is InChI=1S/C20H27N3O3/c1-13(2)11-20(5,26-19(21)24)12-25-18-7-6-16(10-14(18)3)17-8-9-22-15(4)23-17/h6-10,13H,11-12H2,1-5H3,(H2,21,24). The van der Waals surface area contributed by atoms with Crippen molar-refractivity contribution in [1.29, 1.82) is 0 Å². The molecule has 0 bridgehead atoms. The first-order valence-electron chi connectivity index (χ1n) is 8.70. The van der Waals surface area contributed by atoms with Crippen LogP contribution in [0.4, 0.5) is 4.79 Å². The van der Waals surface area contributed by atoms with Gasteiger partial charge < -0.3 is 15.2 Å². The number of nitrogens with two attached hydrogens (primary N) is 1. The van der Waals surface area contributed by atoms with Gasteiger partial charge in [0.05, 0.1) is 5.69 Å². The maximum Gasteiger partial charge on any atom is 0.405 e. The Balaban J connectivity index is 2.15. The normalized spacial score (nSPS) is 13.3. The monoisotopic (exact) mass is 357 g/mol. The Morgan fingerprint density at radius 3 is 2.58 bits per heavy atom. The molecule has 0 aliphatic rings. The summed E-state index contributed by atoms with van der Waals surface area (Å²) in [5.41, 5.74) is 7.30. The van der Waals surface area contributed by atoms with Crippen molar-refractivity contribution in [3.8, 4) is 17.0 Å². The van der Waals surface area contributed by atoms with Crippen molar-refractivity contribution >= 4 is 6.09 Å². The van der Waals surface area contributed by atoms with E-state index in [1.54, 1.807) is 6.20 Å². The molecule has 2 N–H and O–H groups in total. The van der Waals surface area contributed by atoms with E-state index in [9.17, 15) is 4.79 Å². The third-order valence-corrected chi connectivity index (χ3v) is 3.97. The van der Waals surface area contributed by atoms with Crippen LogP contribution in [0.15, 0.2) is 30.5 Å². The van der Waals surface area contributed by atoms with Crippen molar-refractivity contribution in [2.45, 2.75) is 46.6 Å². The van der Waals surface area contributed by atoms with E-state index >= 15 is 0 Å². The first-order chi connectivity index (χ1) is 12.2. The number of rotatable bonds is 7. The fraction of sp³-hybridized carbons (Fsp3) is 0.450. The Labute approximate surface area is 154 Å². The van der Waals surface area contributed by atoms with E-state index < -0.39 is 11.7 Å². The summed E-state index contributed by atoms with van der Waals surface area (Å²) >= 11 is 0. The number of benzene rings is 1. The van der Waals surface area contributed by atoms with Gasteiger partial charge in [0.25, 0.3) is 0 Å². The topological polar surface area (TPSA) is 87.3 Å². The molecule has 0 radical (unpaired) electrons. The molecule has 1 aromatic carbocycles. The maximum atomic E-state index is 11.2. The lowest BCUT2D eigenvalue weighted by Gasteiger charge is -2.30. The molecule has 1 amide bonds. The summed E-state index contributed by atoms with van der Waals surface area (Å²) in [4.78, 5) is 19.8. The number of hydrogen-bond donors (Lipinski definition) is 1. The Bertz CT molecular complexity index is 777. The molecule has 0 fully saturated rings. The molecular weight excluding hydrogens is 330 g/mol. The van der Waals surface area contributed by atoms with Gasteiger partial charge in [-0.25, -0.2) is 14.8 Å². The number of aryl methyl sites for hydroxylation is 2. The zero-order valence-corrected chi connectivity index (χ0v) is 16.1. The molecular formula is C20H27N3O3. The molecule has 2 rings (SSSR count). The number of nitrogens with zero attached hydrogens (tertiary/aromatic N) is 2. The van der Waals surface area contributed by atoms with Crippen LogP contribution in [0.3, 0.4) is 0 Å². The zero-order valence-electron chi connectivity index (χ0n) is 16.1. The molecule has 0 aliphatic carbocycles. The van der Waals surface area contributed by atoms with Crippen LogP contribution in [-0.4, -0.2) is 28.3 Å². The highest BCUT2D eigenvalue weighted by molar-refractivity contribution is 5.65. The molecule has 1 heterocycles. The van der Waals surface area contributed by atoms with Crippen LogP contribution < -0.4 is 10.5 Å². The van der Waals surface area contributed by atoms with Gasteiger partial charge in [0.1, 0.15) is 23.8 Å². The third-order valence-electron chi connectivity index (χ3n) is 3.97. The van der Waals surface area contributed by atoms with Gasteiger partial charge in [-0.3, -0.25) is 0 Å². The van der Waals surface area contributed by atoms with E-state index in [-0.39, 0.29) is 6.61 Å². The van der Waals surface area contributed by atoms with E-state index in [0.29, 0.717) is 12.3 Å². The van der Waals surface area contributed by atoms with Gasteiger partial charge in [-0.1, -0.05) is 13.8 Å². The SMILES string of the molecule is Cc1nccc(-c2ccc(OCC(C)(CC(C)C)OC(N)=O)c(C)c2)n1. The Morgan fingerprint density at radius 1 is 1.27 bits per heavy atom. The number of amides is 1. The molecule has 0 saturated heterocycles. The van der Waals surface area contributed by atoms with Crippen molar-refractivity contribution in [2.24, 2.45) is 11.7 Å². The average Bonchev–Trinajstić information content (AvgIpc) is 2.52. The van der Waals surface area contributed by atoms with Crippen LogP contribution in [0.25, 0.3) is 11.3 Å². The summed E-state index contributed by atoms with van der Waals surface area (Å²) in [6, 6.07) is 7.76. The molecule has 1 atom stereocenters. The van der Waals surface area contributed by atoms with Crippen molar-refractivity contribution in [3.05, 3.63) is 41.9 Å². The number of carbonyl (C=O) groups is 1. The highest BCUT2D eigenvalue weighted by Gasteiger charge is 2.30. The van der Waals surface area contributed by atoms with E-state index in [1.807, 2.05) is 45.0 Å². The van der Waals surface area contributed by atoms with E-state index in [4.69, 9.17) is 15.2 Å². The Kier molecular flexibility index (Phi) is 6.18. The second-order valence-corrected chi connectivity index (χ2v) is 7.23. The van der Waals surface area contributed by atoms with Crippen molar-refractivity contribution in [2.75, 3.05) is 6.61 Å². The van der Waals surface area contributed by atoms with Crippen LogP contribution in [0, 0.1) is 19.8 Å². The summed E-state index contributed by atoms with van der Waals surface area (Å²) in [6.45, 7) is 10.0. The second-order valence-electron chi connectivity index (χ2n) is 7.23. The van der Waals surface area contributed by atoms with Crippen LogP contribution in [-0.2, 0) is 4.74 Å². The summed E-state index contributed by atoms with van der Waals surface area (Å²) in [6.07, 6.45) is 1.62. The number of hydrogen-bond acceptors (Lipinski definition) is 5. The third kappa shape index (κ3) is 5.44. The smallest absolute Gasteiger partial charge is 0.405 e. The summed E-state index contributed by atoms with van der Waals surface area (Å²) in [5.74, 6) is 1.81. The van der Waals surface area contributed by atoms with Gasteiger partial charge in [0.15, 0.2) is 0 Å². The minimum atomic E-state index is -0.789. The number of primary amides is 1. The molecule has 6 nitrogen and oxygen atoms in total. The zero-order chi connectivity index (χ0) is 19.3. The van der Waals surface area contributed by atoms with Crippen LogP contribution in [0.1, 0.15) is 38.6 Å². The Hall–Kier alpha value is -2.63. The van der Waals surface area contributed by atoms with E-state index in [2.05, 4.69) is 23.8 Å². The molecule has 6 heteroatoms. The minimum Gasteiger partial charge on any atom is -0.489 e. The lowest BCUT2D eigenvalue weighted by atomic mass is 9.95. The van der Waals surface area contributed by atoms with Gasteiger partial charge >= 0.3 is 6.09 Å². The maximum absolute atomic E-state index is 11.2. The number of ether oxygens (including phenoxy) is 2. The van der Waals surface area contributed by atoms with Crippen LogP contribution in [0.5, 0.6) is 5.75 Å². The lowest BCUT2D eigenvalue weighted by molar-refractivity contribution is -0.0187. The van der Waals surface area contributed by atoms with Gasteiger partial charge in [0.2, 0.25) is 0 Å². The molecule has 140 valence electrons. The molecule has 26 heavy (non-hydrogen) atoms. The quantitative estimate of drug-likeness (QED) is 0.808. The number of carbonyl (C=O) groups excluding carboxylic acids is 1. The van der Waals surface area contributed by atoms with Gasteiger partial charge in [0, 0.05) is 11.8 Å². The summed E-state index contributed by atoms with van der Waals surface area (Å²) in [7, 11) is 0.